The summed E-state index contributed by atoms with van der Waals surface area (Å²) in [5, 5.41) is 14.2. The number of rotatable bonds is 2. The highest BCUT2D eigenvalue weighted by molar-refractivity contribution is 6.30. The van der Waals surface area contributed by atoms with E-state index in [0.717, 1.165) is 0 Å². The Morgan fingerprint density at radius 3 is 2.71 bits per heavy atom. The van der Waals surface area contributed by atoms with E-state index < -0.39 is 6.10 Å². The van der Waals surface area contributed by atoms with Crippen LogP contribution in [0.2, 0.25) is 5.02 Å². The van der Waals surface area contributed by atoms with Crippen LogP contribution in [0.15, 0.2) is 24.5 Å². The molecule has 0 fully saturated rings. The lowest BCUT2D eigenvalue weighted by molar-refractivity contribution is 0.198. The lowest BCUT2D eigenvalue weighted by Gasteiger charge is -2.13. The predicted molar refractivity (Wildman–Crippen MR) is 63.9 cm³/mol. The van der Waals surface area contributed by atoms with Crippen LogP contribution in [0.3, 0.4) is 0 Å². The van der Waals surface area contributed by atoms with Gasteiger partial charge in [-0.1, -0.05) is 11.6 Å². The first kappa shape index (κ1) is 12.1. The van der Waals surface area contributed by atoms with Gasteiger partial charge in [0.05, 0.1) is 23.0 Å². The third kappa shape index (κ3) is 2.33. The second-order valence-electron chi connectivity index (χ2n) is 3.94. The molecular formula is C12H12ClFN2O. The van der Waals surface area contributed by atoms with Gasteiger partial charge >= 0.3 is 0 Å². The number of nitrogens with zero attached hydrogens (tertiary/aromatic N) is 2. The van der Waals surface area contributed by atoms with E-state index >= 15 is 0 Å². The molecule has 0 amide bonds. The molecule has 1 heterocycles. The molecule has 2 rings (SSSR count). The van der Waals surface area contributed by atoms with Crippen LogP contribution in [-0.2, 0) is 0 Å². The Labute approximate surface area is 103 Å². The van der Waals surface area contributed by atoms with Gasteiger partial charge in [0.15, 0.2) is 0 Å². The van der Waals surface area contributed by atoms with E-state index in [1.54, 1.807) is 26.1 Å². The average molecular weight is 255 g/mol. The van der Waals surface area contributed by atoms with Crippen molar-refractivity contribution in [3.63, 3.8) is 0 Å². The predicted octanol–water partition coefficient (Wildman–Crippen LogP) is 3.03. The summed E-state index contributed by atoms with van der Waals surface area (Å²) in [7, 11) is 0. The summed E-state index contributed by atoms with van der Waals surface area (Å²) in [6, 6.07) is 2.96. The van der Waals surface area contributed by atoms with Gasteiger partial charge in [-0.15, -0.1) is 0 Å². The summed E-state index contributed by atoms with van der Waals surface area (Å²) in [4.78, 5) is 0. The highest BCUT2D eigenvalue weighted by Crippen LogP contribution is 2.25. The van der Waals surface area contributed by atoms with Crippen molar-refractivity contribution in [1.29, 1.82) is 0 Å². The summed E-state index contributed by atoms with van der Waals surface area (Å²) in [6.45, 7) is 3.24. The van der Waals surface area contributed by atoms with Crippen molar-refractivity contribution in [2.75, 3.05) is 0 Å². The molecule has 3 nitrogen and oxygen atoms in total. The zero-order chi connectivity index (χ0) is 12.6. The molecule has 0 aliphatic rings. The lowest BCUT2D eigenvalue weighted by Crippen LogP contribution is -2.05. The van der Waals surface area contributed by atoms with E-state index in [4.69, 9.17) is 11.6 Å². The largest absolute Gasteiger partial charge is 0.389 e. The monoisotopic (exact) mass is 254 g/mol. The Kier molecular flexibility index (Phi) is 3.17. The first-order valence-electron chi connectivity index (χ1n) is 5.17. The lowest BCUT2D eigenvalue weighted by atomic mass is 10.1. The molecule has 0 unspecified atom stereocenters. The number of aliphatic hydroxyl groups is 1. The summed E-state index contributed by atoms with van der Waals surface area (Å²) in [6.07, 6.45) is 2.33. The van der Waals surface area contributed by atoms with Gasteiger partial charge in [-0.25, -0.2) is 9.07 Å². The van der Waals surface area contributed by atoms with Crippen molar-refractivity contribution >= 4 is 11.6 Å². The van der Waals surface area contributed by atoms with Crippen LogP contribution in [0.1, 0.15) is 24.2 Å². The van der Waals surface area contributed by atoms with Crippen molar-refractivity contribution in [3.8, 4) is 5.69 Å². The van der Waals surface area contributed by atoms with Crippen LogP contribution < -0.4 is 0 Å². The molecule has 0 spiro atoms. The third-order valence-electron chi connectivity index (χ3n) is 2.56. The van der Waals surface area contributed by atoms with E-state index in [2.05, 4.69) is 5.10 Å². The van der Waals surface area contributed by atoms with E-state index in [9.17, 15) is 9.50 Å². The maximum atomic E-state index is 13.5. The van der Waals surface area contributed by atoms with Crippen LogP contribution in [0.4, 0.5) is 4.39 Å². The van der Waals surface area contributed by atoms with Gasteiger partial charge in [0.25, 0.3) is 0 Å². The zero-order valence-corrected chi connectivity index (χ0v) is 10.2. The zero-order valence-electron chi connectivity index (χ0n) is 9.48. The molecule has 5 heteroatoms. The quantitative estimate of drug-likeness (QED) is 0.895. The fraction of sp³-hybridized carbons (Fsp3) is 0.250. The maximum absolute atomic E-state index is 13.5. The molecule has 1 atom stereocenters. The molecule has 0 saturated carbocycles. The summed E-state index contributed by atoms with van der Waals surface area (Å²) >= 11 is 5.79. The highest BCUT2D eigenvalue weighted by atomic mass is 35.5. The fourth-order valence-electron chi connectivity index (χ4n) is 1.65. The topological polar surface area (TPSA) is 38.0 Å². The summed E-state index contributed by atoms with van der Waals surface area (Å²) in [5.41, 5.74) is 1.61. The molecule has 17 heavy (non-hydrogen) atoms. The minimum Gasteiger partial charge on any atom is -0.389 e. The molecule has 2 aromatic rings. The summed E-state index contributed by atoms with van der Waals surface area (Å²) in [5.74, 6) is -0.345. The first-order chi connectivity index (χ1) is 7.99. The standard InChI is InChI=1S/C12H12ClFN2O/c1-7-3-12(16-6-9(13)5-15-16)10(8(2)17)4-11(7)14/h3-6,8,17H,1-2H3/t8-/m0/s1. The Hall–Kier alpha value is -1.39. The minimum absolute atomic E-state index is 0.345. The van der Waals surface area contributed by atoms with Gasteiger partial charge in [-0.2, -0.15) is 5.10 Å². The molecule has 0 saturated heterocycles. The third-order valence-corrected chi connectivity index (χ3v) is 2.75. The molecule has 0 aliphatic carbocycles. The van der Waals surface area contributed by atoms with Crippen LogP contribution in [0.25, 0.3) is 5.69 Å². The van der Waals surface area contributed by atoms with Gasteiger partial charge in [0, 0.05) is 11.8 Å². The molecule has 1 aromatic carbocycles. The van der Waals surface area contributed by atoms with Crippen LogP contribution in [-0.4, -0.2) is 14.9 Å². The van der Waals surface area contributed by atoms with Crippen LogP contribution >= 0.6 is 11.6 Å². The smallest absolute Gasteiger partial charge is 0.126 e. The Morgan fingerprint density at radius 1 is 1.47 bits per heavy atom. The normalized spacial score (nSPS) is 12.8. The van der Waals surface area contributed by atoms with Gasteiger partial charge in [-0.3, -0.25) is 0 Å². The van der Waals surface area contributed by atoms with Gasteiger partial charge in [0.2, 0.25) is 0 Å². The SMILES string of the molecule is Cc1cc(-n2cc(Cl)cn2)c([C@H](C)O)cc1F. The minimum atomic E-state index is -0.775. The summed E-state index contributed by atoms with van der Waals surface area (Å²) < 4.78 is 15.0. The number of hydrogen-bond acceptors (Lipinski definition) is 2. The number of aryl methyl sites for hydroxylation is 1. The fourth-order valence-corrected chi connectivity index (χ4v) is 1.78. The second-order valence-corrected chi connectivity index (χ2v) is 4.38. The van der Waals surface area contributed by atoms with Crippen molar-refractivity contribution < 1.29 is 9.50 Å². The van der Waals surface area contributed by atoms with Crippen molar-refractivity contribution in [1.82, 2.24) is 9.78 Å². The van der Waals surface area contributed by atoms with Crippen LogP contribution in [0.5, 0.6) is 0 Å². The number of aromatic nitrogens is 2. The molecular weight excluding hydrogens is 243 g/mol. The first-order valence-corrected chi connectivity index (χ1v) is 5.55. The van der Waals surface area contributed by atoms with E-state index in [1.807, 2.05) is 0 Å². The van der Waals surface area contributed by atoms with Crippen molar-refractivity contribution in [2.24, 2.45) is 0 Å². The molecule has 90 valence electrons. The number of halogens is 2. The Morgan fingerprint density at radius 2 is 2.18 bits per heavy atom. The molecule has 1 N–H and O–H groups in total. The molecule has 0 aliphatic heterocycles. The van der Waals surface area contributed by atoms with Gasteiger partial charge < -0.3 is 5.11 Å². The van der Waals surface area contributed by atoms with Crippen LogP contribution in [0, 0.1) is 12.7 Å². The number of benzene rings is 1. The van der Waals surface area contributed by atoms with E-state index in [1.165, 1.54) is 16.9 Å². The van der Waals surface area contributed by atoms with Gasteiger partial charge in [0.1, 0.15) is 5.82 Å². The van der Waals surface area contributed by atoms with E-state index in [-0.39, 0.29) is 5.82 Å². The maximum Gasteiger partial charge on any atom is 0.126 e. The number of hydrogen-bond donors (Lipinski definition) is 1. The van der Waals surface area contributed by atoms with Crippen molar-refractivity contribution in [2.45, 2.75) is 20.0 Å². The Bertz CT molecular complexity index is 551. The average Bonchev–Trinajstić information content (AvgIpc) is 2.68. The molecule has 1 aromatic heterocycles. The highest BCUT2D eigenvalue weighted by Gasteiger charge is 2.13. The second kappa shape index (κ2) is 4.47. The van der Waals surface area contributed by atoms with Crippen molar-refractivity contribution in [3.05, 3.63) is 46.5 Å². The molecule has 0 radical (unpaired) electrons. The van der Waals surface area contributed by atoms with Gasteiger partial charge in [-0.05, 0) is 31.5 Å². The Balaban J connectivity index is 2.63. The van der Waals surface area contributed by atoms with E-state index in [0.29, 0.717) is 21.8 Å². The molecule has 0 bridgehead atoms. The number of aliphatic hydroxyl groups excluding tert-OH is 1.